The minimum atomic E-state index is -1.88. The number of rotatable bonds is 2. The first kappa shape index (κ1) is 14.1. The summed E-state index contributed by atoms with van der Waals surface area (Å²) in [5.41, 5.74) is -0.539. The number of fused-ring (bicyclic) bond motifs is 1. The quantitative estimate of drug-likeness (QED) is 0.485. The van der Waals surface area contributed by atoms with Gasteiger partial charge >= 0.3 is 0 Å². The van der Waals surface area contributed by atoms with E-state index in [1.54, 1.807) is 6.21 Å². The molecule has 0 aliphatic carbocycles. The van der Waals surface area contributed by atoms with Crippen LogP contribution >= 0.6 is 11.3 Å². The third-order valence-corrected chi connectivity index (χ3v) is 4.37. The Kier molecular flexibility index (Phi) is 3.48. The maximum atomic E-state index is 13.6. The van der Waals surface area contributed by atoms with Crippen molar-refractivity contribution in [2.45, 2.75) is 12.8 Å². The SMILES string of the molecule is O=C1CN=CCC1Cc1nc2c(F)c(F)c(F)c(F)c2s1. The van der Waals surface area contributed by atoms with E-state index < -0.39 is 28.8 Å². The summed E-state index contributed by atoms with van der Waals surface area (Å²) in [7, 11) is 0. The van der Waals surface area contributed by atoms with Gasteiger partial charge in [-0.3, -0.25) is 9.79 Å². The number of carbonyl (C=O) groups excluding carboxylic acids is 1. The standard InChI is InChI=1S/C13H8F4N2OS/c14-8-9(15)11(17)13-12(10(8)16)19-7(21-13)3-5-1-2-18-4-6(5)20/h2,5H,1,3-4H2. The zero-order valence-electron chi connectivity index (χ0n) is 10.5. The van der Waals surface area contributed by atoms with Gasteiger partial charge in [-0.2, -0.15) is 0 Å². The van der Waals surface area contributed by atoms with E-state index in [0.29, 0.717) is 6.42 Å². The highest BCUT2D eigenvalue weighted by Gasteiger charge is 2.26. The Balaban J connectivity index is 2.02. The third-order valence-electron chi connectivity index (χ3n) is 3.30. The molecule has 1 unspecified atom stereocenters. The number of thiazole rings is 1. The third kappa shape index (κ3) is 2.33. The molecule has 1 aromatic heterocycles. The van der Waals surface area contributed by atoms with Crippen LogP contribution in [0.2, 0.25) is 0 Å². The van der Waals surface area contributed by atoms with Crippen LogP contribution in [0.4, 0.5) is 17.6 Å². The van der Waals surface area contributed by atoms with Crippen LogP contribution in [0, 0.1) is 29.2 Å². The van der Waals surface area contributed by atoms with Crippen LogP contribution in [-0.4, -0.2) is 23.5 Å². The second-order valence-electron chi connectivity index (χ2n) is 4.67. The topological polar surface area (TPSA) is 42.3 Å². The molecular formula is C13H8F4N2OS. The first-order valence-electron chi connectivity index (χ1n) is 6.11. The van der Waals surface area contributed by atoms with Gasteiger partial charge in [-0.1, -0.05) is 0 Å². The maximum absolute atomic E-state index is 13.6. The molecule has 0 bridgehead atoms. The summed E-state index contributed by atoms with van der Waals surface area (Å²) >= 11 is 0.727. The van der Waals surface area contributed by atoms with Gasteiger partial charge in [-0.25, -0.2) is 22.5 Å². The molecule has 0 radical (unpaired) electrons. The Morgan fingerprint density at radius 1 is 1.14 bits per heavy atom. The van der Waals surface area contributed by atoms with Gasteiger partial charge in [0.2, 0.25) is 0 Å². The van der Waals surface area contributed by atoms with Gasteiger partial charge in [-0.15, -0.1) is 11.3 Å². The van der Waals surface area contributed by atoms with Crippen LogP contribution in [0.3, 0.4) is 0 Å². The summed E-state index contributed by atoms with van der Waals surface area (Å²) in [5, 5.41) is 0.265. The summed E-state index contributed by atoms with van der Waals surface area (Å²) in [6.07, 6.45) is 2.20. The van der Waals surface area contributed by atoms with E-state index >= 15 is 0 Å². The number of carbonyl (C=O) groups is 1. The van der Waals surface area contributed by atoms with Gasteiger partial charge in [0.1, 0.15) is 5.52 Å². The number of aromatic nitrogens is 1. The molecule has 0 spiro atoms. The monoisotopic (exact) mass is 316 g/mol. The molecule has 2 heterocycles. The van der Waals surface area contributed by atoms with E-state index in [9.17, 15) is 22.4 Å². The number of hydrogen-bond donors (Lipinski definition) is 0. The van der Waals surface area contributed by atoms with Crippen LogP contribution in [0.1, 0.15) is 11.4 Å². The second-order valence-corrected chi connectivity index (χ2v) is 5.75. The molecule has 1 atom stereocenters. The van der Waals surface area contributed by atoms with Gasteiger partial charge < -0.3 is 0 Å². The van der Waals surface area contributed by atoms with Crippen molar-refractivity contribution in [2.24, 2.45) is 10.9 Å². The van der Waals surface area contributed by atoms with Crippen LogP contribution in [0.25, 0.3) is 10.2 Å². The minimum Gasteiger partial charge on any atom is -0.297 e. The number of halogens is 4. The number of benzene rings is 1. The lowest BCUT2D eigenvalue weighted by molar-refractivity contribution is -0.121. The van der Waals surface area contributed by atoms with Gasteiger partial charge in [0, 0.05) is 12.3 Å². The lowest BCUT2D eigenvalue weighted by atomic mass is 9.95. The zero-order chi connectivity index (χ0) is 15.1. The first-order valence-corrected chi connectivity index (χ1v) is 6.93. The van der Waals surface area contributed by atoms with Crippen molar-refractivity contribution < 1.29 is 22.4 Å². The molecule has 0 saturated heterocycles. The molecule has 0 fully saturated rings. The Labute approximate surface area is 120 Å². The van der Waals surface area contributed by atoms with Crippen molar-refractivity contribution in [1.29, 1.82) is 0 Å². The fourth-order valence-corrected chi connectivity index (χ4v) is 3.24. The predicted octanol–water partition coefficient (Wildman–Crippen LogP) is 3.06. The Bertz CT molecular complexity index is 726. The van der Waals surface area contributed by atoms with E-state index in [4.69, 9.17) is 0 Å². The molecule has 1 aromatic carbocycles. The molecule has 1 aliphatic heterocycles. The average Bonchev–Trinajstić information content (AvgIpc) is 2.89. The number of nitrogens with zero attached hydrogens (tertiary/aromatic N) is 2. The molecule has 2 aromatic rings. The highest BCUT2D eigenvalue weighted by Crippen LogP contribution is 2.32. The van der Waals surface area contributed by atoms with E-state index in [-0.39, 0.29) is 34.4 Å². The predicted molar refractivity (Wildman–Crippen MR) is 69.6 cm³/mol. The van der Waals surface area contributed by atoms with Crippen LogP contribution in [0.5, 0.6) is 0 Å². The fraction of sp³-hybridized carbons (Fsp3) is 0.308. The molecule has 0 N–H and O–H groups in total. The molecule has 8 heteroatoms. The molecule has 1 aliphatic rings. The van der Waals surface area contributed by atoms with Gasteiger partial charge in [0.15, 0.2) is 29.1 Å². The number of Topliss-reactive ketones (excluding diaryl/α,β-unsaturated/α-hetero) is 1. The summed E-state index contributed by atoms with van der Waals surface area (Å²) in [6, 6.07) is 0. The molecule has 3 rings (SSSR count). The molecule has 3 nitrogen and oxygen atoms in total. The van der Waals surface area contributed by atoms with Crippen molar-refractivity contribution in [1.82, 2.24) is 4.98 Å². The summed E-state index contributed by atoms with van der Waals surface area (Å²) in [4.78, 5) is 19.3. The number of aliphatic imine (C=N–C) groups is 1. The lowest BCUT2D eigenvalue weighted by Crippen LogP contribution is -2.23. The van der Waals surface area contributed by atoms with Crippen molar-refractivity contribution in [3.63, 3.8) is 0 Å². The van der Waals surface area contributed by atoms with Gasteiger partial charge in [-0.05, 0) is 12.6 Å². The van der Waals surface area contributed by atoms with Crippen LogP contribution in [0.15, 0.2) is 4.99 Å². The zero-order valence-corrected chi connectivity index (χ0v) is 11.3. The summed E-state index contributed by atoms with van der Waals surface area (Å²) in [5.74, 6) is -7.15. The van der Waals surface area contributed by atoms with E-state index in [0.717, 1.165) is 11.3 Å². The first-order chi connectivity index (χ1) is 9.99. The van der Waals surface area contributed by atoms with E-state index in [2.05, 4.69) is 9.98 Å². The smallest absolute Gasteiger partial charge is 0.199 e. The van der Waals surface area contributed by atoms with Crippen molar-refractivity contribution >= 4 is 33.6 Å². The number of ketones is 1. The van der Waals surface area contributed by atoms with E-state index in [1.807, 2.05) is 0 Å². The molecule has 0 saturated carbocycles. The minimum absolute atomic E-state index is 0.0710. The highest BCUT2D eigenvalue weighted by molar-refractivity contribution is 7.18. The molecule has 21 heavy (non-hydrogen) atoms. The average molecular weight is 316 g/mol. The van der Waals surface area contributed by atoms with Gasteiger partial charge in [0.05, 0.1) is 16.3 Å². The molecule has 0 amide bonds. The second kappa shape index (κ2) is 5.18. The van der Waals surface area contributed by atoms with Crippen LogP contribution < -0.4 is 0 Å². The Morgan fingerprint density at radius 3 is 2.57 bits per heavy atom. The van der Waals surface area contributed by atoms with Crippen LogP contribution in [-0.2, 0) is 11.2 Å². The fourth-order valence-electron chi connectivity index (χ4n) is 2.17. The van der Waals surface area contributed by atoms with Crippen molar-refractivity contribution in [2.75, 3.05) is 6.54 Å². The van der Waals surface area contributed by atoms with Gasteiger partial charge in [0.25, 0.3) is 0 Å². The largest absolute Gasteiger partial charge is 0.297 e. The van der Waals surface area contributed by atoms with E-state index in [1.165, 1.54) is 0 Å². The summed E-state index contributed by atoms with van der Waals surface area (Å²) < 4.78 is 53.1. The molecular weight excluding hydrogens is 308 g/mol. The van der Waals surface area contributed by atoms with Crippen molar-refractivity contribution in [3.8, 4) is 0 Å². The Morgan fingerprint density at radius 2 is 1.86 bits per heavy atom. The number of hydrogen-bond acceptors (Lipinski definition) is 4. The highest BCUT2D eigenvalue weighted by atomic mass is 32.1. The normalized spacial score (nSPS) is 18.7. The molecule has 110 valence electrons. The van der Waals surface area contributed by atoms with Crippen molar-refractivity contribution in [3.05, 3.63) is 28.3 Å². The summed E-state index contributed by atoms with van der Waals surface area (Å²) in [6.45, 7) is 0.0710. The Hall–Kier alpha value is -1.83. The maximum Gasteiger partial charge on any atom is 0.199 e. The lowest BCUT2D eigenvalue weighted by Gasteiger charge is -2.13.